The van der Waals surface area contributed by atoms with Crippen molar-refractivity contribution in [3.63, 3.8) is 0 Å². The fourth-order valence-corrected chi connectivity index (χ4v) is 2.65. The van der Waals surface area contributed by atoms with Gasteiger partial charge in [0.05, 0.1) is 11.9 Å². The maximum absolute atomic E-state index is 10.9. The Morgan fingerprint density at radius 2 is 1.35 bits per heavy atom. The molecule has 0 aromatic heterocycles. The largest absolute Gasteiger partial charge is 1.00 e. The smallest absolute Gasteiger partial charge is 0.549 e. The van der Waals surface area contributed by atoms with Gasteiger partial charge < -0.3 is 19.8 Å². The van der Waals surface area contributed by atoms with E-state index < -0.39 is 17.9 Å². The maximum atomic E-state index is 10.9. The van der Waals surface area contributed by atoms with Crippen LogP contribution < -0.4 is 80.5 Å². The van der Waals surface area contributed by atoms with Crippen LogP contribution in [0.3, 0.4) is 0 Å². The topological polar surface area (TPSA) is 80.3 Å². The third-order valence-corrected chi connectivity index (χ3v) is 4.22. The maximum Gasteiger partial charge on any atom is 1.00 e. The summed E-state index contributed by atoms with van der Waals surface area (Å²) in [5, 5.41) is 21.8. The zero-order valence-electron chi connectivity index (χ0n) is 15.9. The quantitative estimate of drug-likeness (QED) is 0.217. The zero-order chi connectivity index (χ0) is 16.5. The van der Waals surface area contributed by atoms with Gasteiger partial charge in [-0.15, -0.1) is 0 Å². The van der Waals surface area contributed by atoms with Crippen molar-refractivity contribution in [2.75, 3.05) is 0 Å². The first kappa shape index (κ1) is 29.0. The van der Waals surface area contributed by atoms with Crippen LogP contribution in [0.2, 0.25) is 0 Å². The van der Waals surface area contributed by atoms with Crippen molar-refractivity contribution in [1.29, 1.82) is 0 Å². The molecule has 0 saturated heterocycles. The molecule has 0 aliphatic carbocycles. The molecule has 0 aromatic carbocycles. The Kier molecular flexibility index (Phi) is 19.4. The molecular formula is C17H30KLiO4. The van der Waals surface area contributed by atoms with E-state index in [0.29, 0.717) is 0 Å². The van der Waals surface area contributed by atoms with Crippen LogP contribution in [-0.2, 0) is 9.59 Å². The van der Waals surface area contributed by atoms with Gasteiger partial charge in [0.2, 0.25) is 0 Å². The van der Waals surface area contributed by atoms with E-state index >= 15 is 0 Å². The van der Waals surface area contributed by atoms with E-state index in [9.17, 15) is 19.8 Å². The van der Waals surface area contributed by atoms with Crippen molar-refractivity contribution >= 4 is 11.9 Å². The van der Waals surface area contributed by atoms with Crippen molar-refractivity contribution in [2.45, 2.75) is 79.1 Å². The summed E-state index contributed by atoms with van der Waals surface area (Å²) < 4.78 is 0. The van der Waals surface area contributed by atoms with Gasteiger partial charge >= 0.3 is 70.2 Å². The van der Waals surface area contributed by atoms with Gasteiger partial charge in [-0.2, -0.15) is 0 Å². The van der Waals surface area contributed by atoms with Crippen LogP contribution in [0.15, 0.2) is 0 Å². The van der Waals surface area contributed by atoms with E-state index in [-0.39, 0.29) is 88.0 Å². The van der Waals surface area contributed by atoms with Gasteiger partial charge in [0.15, 0.2) is 0 Å². The van der Waals surface area contributed by atoms with Crippen molar-refractivity contribution < 1.29 is 90.0 Å². The first-order valence-electron chi connectivity index (χ1n) is 8.11. The summed E-state index contributed by atoms with van der Waals surface area (Å²) in [6.07, 6.45) is 7.97. The van der Waals surface area contributed by atoms with Gasteiger partial charge in [0.1, 0.15) is 0 Å². The minimum absolute atomic E-state index is 0. The molecule has 0 heterocycles. The Bertz CT molecular complexity index is 315. The molecule has 0 rings (SSSR count). The van der Waals surface area contributed by atoms with Gasteiger partial charge in [-0.1, -0.05) is 66.2 Å². The van der Waals surface area contributed by atoms with Crippen LogP contribution in [0.25, 0.3) is 0 Å². The Labute approximate surface area is 196 Å². The second-order valence-corrected chi connectivity index (χ2v) is 7.05. The minimum Gasteiger partial charge on any atom is -0.549 e. The number of hydrogen-bond acceptors (Lipinski definition) is 4. The van der Waals surface area contributed by atoms with Crippen LogP contribution in [0.4, 0.5) is 0 Å². The normalized spacial score (nSPS) is 12.2. The second kappa shape index (κ2) is 15.4. The standard InChI is InChI=1S/C17H32O4.K.Li/c1-5-6-7-8-9-10-11-13(17(2,3)4)12-14(15(18)19)16(20)21;;/h13-14H,5-12H2,1-4H3,(H,18,19)(H,20,21);;/q;2*+1/p-2. The summed E-state index contributed by atoms with van der Waals surface area (Å²) in [6, 6.07) is 0. The first-order chi connectivity index (χ1) is 9.70. The molecule has 1 unspecified atom stereocenters. The number of carbonyl (C=O) groups excluding carboxylic acids is 2. The summed E-state index contributed by atoms with van der Waals surface area (Å²) in [5.74, 6) is -4.53. The van der Waals surface area contributed by atoms with E-state index in [1.54, 1.807) is 0 Å². The number of unbranched alkanes of at least 4 members (excludes halogenated alkanes) is 5. The Morgan fingerprint density at radius 1 is 0.913 bits per heavy atom. The van der Waals surface area contributed by atoms with E-state index in [1.165, 1.54) is 25.7 Å². The molecule has 0 amide bonds. The molecule has 0 radical (unpaired) electrons. The molecule has 0 saturated carbocycles. The predicted octanol–water partition coefficient (Wildman–Crippen LogP) is -4.09. The third-order valence-electron chi connectivity index (χ3n) is 4.22. The molecule has 0 aliphatic rings. The number of carboxylic acid groups (broad SMARTS) is 2. The van der Waals surface area contributed by atoms with Gasteiger partial charge in [-0.3, -0.25) is 0 Å². The number of aliphatic carboxylic acids is 2. The molecule has 0 aliphatic heterocycles. The fraction of sp³-hybridized carbons (Fsp3) is 0.882. The summed E-state index contributed by atoms with van der Waals surface area (Å²) in [4.78, 5) is 21.8. The number of carbonyl (C=O) groups is 2. The molecule has 1 atom stereocenters. The van der Waals surface area contributed by atoms with Gasteiger partial charge in [0.25, 0.3) is 0 Å². The van der Waals surface area contributed by atoms with E-state index in [1.807, 2.05) is 20.8 Å². The van der Waals surface area contributed by atoms with Crippen molar-refractivity contribution in [3.05, 3.63) is 0 Å². The van der Waals surface area contributed by atoms with E-state index in [4.69, 9.17) is 0 Å². The SMILES string of the molecule is CCCCCCCCC(CC(C(=O)[O-])C(=O)[O-])C(C)(C)C.[K+].[Li+]. The average Bonchev–Trinajstić information content (AvgIpc) is 2.34. The van der Waals surface area contributed by atoms with Crippen LogP contribution in [0.5, 0.6) is 0 Å². The fourth-order valence-electron chi connectivity index (χ4n) is 2.65. The summed E-state index contributed by atoms with van der Waals surface area (Å²) in [7, 11) is 0. The minimum atomic E-state index is -1.54. The average molecular weight is 344 g/mol. The number of rotatable bonds is 11. The number of hydrogen-bond donors (Lipinski definition) is 0. The van der Waals surface area contributed by atoms with E-state index in [0.717, 1.165) is 19.3 Å². The van der Waals surface area contributed by atoms with Crippen LogP contribution in [0.1, 0.15) is 79.1 Å². The van der Waals surface area contributed by atoms with Crippen LogP contribution in [0, 0.1) is 17.3 Å². The van der Waals surface area contributed by atoms with Crippen LogP contribution >= 0.6 is 0 Å². The molecule has 0 fully saturated rings. The second-order valence-electron chi connectivity index (χ2n) is 7.05. The molecule has 124 valence electrons. The van der Waals surface area contributed by atoms with Gasteiger partial charge in [-0.25, -0.2) is 0 Å². The molecule has 0 spiro atoms. The monoisotopic (exact) mass is 344 g/mol. The van der Waals surface area contributed by atoms with Crippen molar-refractivity contribution in [2.24, 2.45) is 17.3 Å². The zero-order valence-corrected chi connectivity index (χ0v) is 19.1. The third kappa shape index (κ3) is 14.1. The van der Waals surface area contributed by atoms with Crippen LogP contribution in [-0.4, -0.2) is 11.9 Å². The molecular weight excluding hydrogens is 314 g/mol. The van der Waals surface area contributed by atoms with Gasteiger partial charge in [-0.05, 0) is 24.2 Å². The van der Waals surface area contributed by atoms with Crippen molar-refractivity contribution in [1.82, 2.24) is 0 Å². The molecule has 6 heteroatoms. The molecule has 23 heavy (non-hydrogen) atoms. The molecule has 0 N–H and O–H groups in total. The molecule has 4 nitrogen and oxygen atoms in total. The summed E-state index contributed by atoms with van der Waals surface area (Å²) >= 11 is 0. The summed E-state index contributed by atoms with van der Waals surface area (Å²) in [6.45, 7) is 8.25. The van der Waals surface area contributed by atoms with Crippen molar-refractivity contribution in [3.8, 4) is 0 Å². The van der Waals surface area contributed by atoms with E-state index in [2.05, 4.69) is 6.92 Å². The first-order valence-corrected chi connectivity index (χ1v) is 8.11. The Balaban J connectivity index is -0.00000200. The van der Waals surface area contributed by atoms with Gasteiger partial charge in [0, 0.05) is 5.92 Å². The summed E-state index contributed by atoms with van der Waals surface area (Å²) in [5.41, 5.74) is -0.118. The Hall–Kier alpha value is 1.17. The number of carboxylic acids is 2. The molecule has 0 aromatic rings. The molecule has 0 bridgehead atoms. The Morgan fingerprint density at radius 3 is 1.74 bits per heavy atom. The predicted molar refractivity (Wildman–Crippen MR) is 79.1 cm³/mol.